The third-order valence-electron chi connectivity index (χ3n) is 1.82. The van der Waals surface area contributed by atoms with Crippen LogP contribution in [0.5, 0.6) is 0 Å². The summed E-state index contributed by atoms with van der Waals surface area (Å²) in [7, 11) is -3.36. The minimum absolute atomic E-state index is 0.0579. The lowest BCUT2D eigenvalue weighted by atomic mass is 10.0. The third-order valence-corrected chi connectivity index (χ3v) is 4.58. The van der Waals surface area contributed by atoms with Crippen LogP contribution in [-0.2, 0) is 10.0 Å². The van der Waals surface area contributed by atoms with Crippen molar-refractivity contribution in [1.29, 1.82) is 0 Å². The molecule has 0 aliphatic carbocycles. The Bertz CT molecular complexity index is 509. The molecule has 0 amide bonds. The SMILES string of the molecule is CC(C)(C)CS(=O)(=O)Nc1ccc(I)cc1Cl. The van der Waals surface area contributed by atoms with Crippen LogP contribution in [0.2, 0.25) is 5.02 Å². The van der Waals surface area contributed by atoms with Crippen molar-refractivity contribution in [3.05, 3.63) is 26.8 Å². The first-order valence-electron chi connectivity index (χ1n) is 5.05. The molecule has 0 unspecified atom stereocenters. The summed E-state index contributed by atoms with van der Waals surface area (Å²) in [4.78, 5) is 0. The highest BCUT2D eigenvalue weighted by Crippen LogP contribution is 2.26. The van der Waals surface area contributed by atoms with E-state index in [1.165, 1.54) is 0 Å². The van der Waals surface area contributed by atoms with Crippen LogP contribution in [0.4, 0.5) is 5.69 Å². The van der Waals surface area contributed by atoms with Crippen LogP contribution in [0.15, 0.2) is 18.2 Å². The summed E-state index contributed by atoms with van der Waals surface area (Å²) in [6, 6.07) is 5.20. The summed E-state index contributed by atoms with van der Waals surface area (Å²) in [6.07, 6.45) is 0. The lowest BCUT2D eigenvalue weighted by molar-refractivity contribution is 0.463. The van der Waals surface area contributed by atoms with E-state index in [-0.39, 0.29) is 11.2 Å². The van der Waals surface area contributed by atoms with E-state index >= 15 is 0 Å². The zero-order valence-corrected chi connectivity index (χ0v) is 13.6. The van der Waals surface area contributed by atoms with Gasteiger partial charge in [-0.05, 0) is 46.2 Å². The van der Waals surface area contributed by atoms with E-state index < -0.39 is 10.0 Å². The van der Waals surface area contributed by atoms with Crippen molar-refractivity contribution in [2.24, 2.45) is 5.41 Å². The van der Waals surface area contributed by atoms with E-state index in [0.29, 0.717) is 10.7 Å². The zero-order valence-electron chi connectivity index (χ0n) is 9.92. The van der Waals surface area contributed by atoms with Gasteiger partial charge >= 0.3 is 0 Å². The second kappa shape index (κ2) is 5.32. The van der Waals surface area contributed by atoms with Crippen LogP contribution in [0.3, 0.4) is 0 Å². The molecule has 0 heterocycles. The largest absolute Gasteiger partial charge is 0.282 e. The maximum atomic E-state index is 11.9. The van der Waals surface area contributed by atoms with Gasteiger partial charge in [-0.1, -0.05) is 32.4 Å². The van der Waals surface area contributed by atoms with Gasteiger partial charge < -0.3 is 0 Å². The molecular weight excluding hydrogens is 373 g/mol. The first kappa shape index (κ1) is 15.0. The lowest BCUT2D eigenvalue weighted by Crippen LogP contribution is -2.26. The molecular formula is C11H15ClINO2S. The fourth-order valence-electron chi connectivity index (χ4n) is 1.35. The molecule has 0 aliphatic rings. The van der Waals surface area contributed by atoms with Crippen molar-refractivity contribution in [3.63, 3.8) is 0 Å². The first-order chi connectivity index (χ1) is 7.59. The van der Waals surface area contributed by atoms with Gasteiger partial charge in [0.15, 0.2) is 0 Å². The molecule has 17 heavy (non-hydrogen) atoms. The summed E-state index contributed by atoms with van der Waals surface area (Å²) in [5.74, 6) is 0.0579. The highest BCUT2D eigenvalue weighted by Gasteiger charge is 2.22. The van der Waals surface area contributed by atoms with E-state index in [4.69, 9.17) is 11.6 Å². The van der Waals surface area contributed by atoms with Crippen molar-refractivity contribution >= 4 is 49.9 Å². The summed E-state index contributed by atoms with van der Waals surface area (Å²) >= 11 is 8.09. The van der Waals surface area contributed by atoms with E-state index in [2.05, 4.69) is 27.3 Å². The lowest BCUT2D eigenvalue weighted by Gasteiger charge is -2.19. The van der Waals surface area contributed by atoms with Crippen molar-refractivity contribution in [2.75, 3.05) is 10.5 Å². The Balaban J connectivity index is 2.91. The standard InChI is InChI=1S/C11H15ClINO2S/c1-11(2,3)7-17(15,16)14-10-5-4-8(13)6-9(10)12/h4-6,14H,7H2,1-3H3. The number of halogens is 2. The van der Waals surface area contributed by atoms with Gasteiger partial charge in [0.2, 0.25) is 10.0 Å². The molecule has 0 aromatic heterocycles. The molecule has 0 saturated carbocycles. The maximum absolute atomic E-state index is 11.9. The Morgan fingerprint density at radius 1 is 1.35 bits per heavy atom. The number of nitrogens with one attached hydrogen (secondary N) is 1. The van der Waals surface area contributed by atoms with Gasteiger partial charge in [0.05, 0.1) is 16.5 Å². The molecule has 3 nitrogen and oxygen atoms in total. The molecule has 0 spiro atoms. The zero-order chi connectivity index (χ0) is 13.3. The topological polar surface area (TPSA) is 46.2 Å². The monoisotopic (exact) mass is 387 g/mol. The Morgan fingerprint density at radius 2 is 1.94 bits per heavy atom. The maximum Gasteiger partial charge on any atom is 0.233 e. The van der Waals surface area contributed by atoms with Crippen LogP contribution in [0.25, 0.3) is 0 Å². The van der Waals surface area contributed by atoms with Gasteiger partial charge in [0, 0.05) is 3.57 Å². The number of hydrogen-bond acceptors (Lipinski definition) is 2. The van der Waals surface area contributed by atoms with Gasteiger partial charge in [-0.25, -0.2) is 8.42 Å². The molecule has 1 aromatic rings. The molecule has 0 fully saturated rings. The number of benzene rings is 1. The first-order valence-corrected chi connectivity index (χ1v) is 8.15. The van der Waals surface area contributed by atoms with E-state index in [0.717, 1.165) is 3.57 Å². The molecule has 0 aliphatic heterocycles. The average molecular weight is 388 g/mol. The number of rotatable bonds is 3. The number of hydrogen-bond donors (Lipinski definition) is 1. The normalized spacial score (nSPS) is 12.5. The van der Waals surface area contributed by atoms with Crippen LogP contribution in [0.1, 0.15) is 20.8 Å². The van der Waals surface area contributed by atoms with Crippen LogP contribution in [0, 0.1) is 8.99 Å². The summed E-state index contributed by atoms with van der Waals surface area (Å²) < 4.78 is 27.2. The molecule has 0 saturated heterocycles. The van der Waals surface area contributed by atoms with E-state index in [9.17, 15) is 8.42 Å². The Morgan fingerprint density at radius 3 is 2.41 bits per heavy atom. The van der Waals surface area contributed by atoms with Gasteiger partial charge in [0.1, 0.15) is 0 Å². The molecule has 1 rings (SSSR count). The molecule has 6 heteroatoms. The molecule has 0 bridgehead atoms. The molecule has 96 valence electrons. The van der Waals surface area contributed by atoms with Gasteiger partial charge in [-0.15, -0.1) is 0 Å². The fourth-order valence-corrected chi connectivity index (χ4v) is 4.03. The van der Waals surface area contributed by atoms with Crippen LogP contribution in [-0.4, -0.2) is 14.2 Å². The quantitative estimate of drug-likeness (QED) is 0.803. The van der Waals surface area contributed by atoms with Crippen molar-refractivity contribution in [3.8, 4) is 0 Å². The average Bonchev–Trinajstić information content (AvgIpc) is 2.05. The predicted molar refractivity (Wildman–Crippen MR) is 81.0 cm³/mol. The minimum Gasteiger partial charge on any atom is -0.282 e. The van der Waals surface area contributed by atoms with Crippen molar-refractivity contribution < 1.29 is 8.42 Å². The van der Waals surface area contributed by atoms with Crippen LogP contribution < -0.4 is 4.72 Å². The summed E-state index contributed by atoms with van der Waals surface area (Å²) in [6.45, 7) is 5.63. The molecule has 1 aromatic carbocycles. The number of sulfonamides is 1. The van der Waals surface area contributed by atoms with Crippen LogP contribution >= 0.6 is 34.2 Å². The Hall–Kier alpha value is -0.0100. The smallest absolute Gasteiger partial charge is 0.233 e. The molecule has 0 radical (unpaired) electrons. The van der Waals surface area contributed by atoms with E-state index in [1.54, 1.807) is 18.2 Å². The van der Waals surface area contributed by atoms with Gasteiger partial charge in [0.25, 0.3) is 0 Å². The predicted octanol–water partition coefficient (Wildman–Crippen LogP) is 3.73. The van der Waals surface area contributed by atoms with E-state index in [1.807, 2.05) is 20.8 Å². The van der Waals surface area contributed by atoms with Gasteiger partial charge in [-0.2, -0.15) is 0 Å². The molecule has 0 atom stereocenters. The Labute approximate surface area is 121 Å². The highest BCUT2D eigenvalue weighted by molar-refractivity contribution is 14.1. The second-order valence-corrected chi connectivity index (χ2v) is 8.42. The second-order valence-electron chi connectivity index (χ2n) is 5.05. The number of anilines is 1. The van der Waals surface area contributed by atoms with Gasteiger partial charge in [-0.3, -0.25) is 4.72 Å². The minimum atomic E-state index is -3.36. The fraction of sp³-hybridized carbons (Fsp3) is 0.455. The summed E-state index contributed by atoms with van der Waals surface area (Å²) in [5.41, 5.74) is 0.137. The molecule has 1 N–H and O–H groups in total. The van der Waals surface area contributed by atoms with Crippen molar-refractivity contribution in [1.82, 2.24) is 0 Å². The Kier molecular flexibility index (Phi) is 4.71. The third kappa shape index (κ3) is 5.44. The summed E-state index contributed by atoms with van der Waals surface area (Å²) in [5, 5.41) is 0.411. The highest BCUT2D eigenvalue weighted by atomic mass is 127. The van der Waals surface area contributed by atoms with Crippen molar-refractivity contribution in [2.45, 2.75) is 20.8 Å².